The van der Waals surface area contributed by atoms with Gasteiger partial charge in [-0.2, -0.15) is 0 Å². The lowest BCUT2D eigenvalue weighted by Crippen LogP contribution is -1.83. The molecule has 17 heavy (non-hydrogen) atoms. The fourth-order valence-electron chi connectivity index (χ4n) is 1.77. The molecule has 84 valence electrons. The average molecular weight is 228 g/mol. The number of nitrogen functional groups attached to an aromatic ring is 1. The van der Waals surface area contributed by atoms with Crippen LogP contribution in [0.2, 0.25) is 0 Å². The summed E-state index contributed by atoms with van der Waals surface area (Å²) in [6.45, 7) is 0. The maximum absolute atomic E-state index is 13.4. The molecule has 0 unspecified atom stereocenters. The third-order valence-electron chi connectivity index (χ3n) is 2.63. The van der Waals surface area contributed by atoms with Gasteiger partial charge in [0.25, 0.3) is 0 Å². The Morgan fingerprint density at radius 3 is 2.59 bits per heavy atom. The summed E-state index contributed by atoms with van der Waals surface area (Å²) in [7, 11) is 0. The molecule has 2 aromatic carbocycles. The van der Waals surface area contributed by atoms with Gasteiger partial charge in [0.15, 0.2) is 11.6 Å². The highest BCUT2D eigenvalue weighted by atomic mass is 19.1. The summed E-state index contributed by atoms with van der Waals surface area (Å²) in [6.07, 6.45) is 0. The number of anilines is 1. The molecule has 3 aromatic rings. The second-order valence-electron chi connectivity index (χ2n) is 3.77. The van der Waals surface area contributed by atoms with E-state index in [-0.39, 0.29) is 11.3 Å². The minimum Gasteiger partial charge on any atom is -0.399 e. The first kappa shape index (κ1) is 9.84. The molecule has 0 bridgehead atoms. The van der Waals surface area contributed by atoms with Crippen molar-refractivity contribution in [2.75, 3.05) is 5.73 Å². The first-order valence-electron chi connectivity index (χ1n) is 5.15. The van der Waals surface area contributed by atoms with Crippen molar-refractivity contribution in [1.29, 1.82) is 0 Å². The van der Waals surface area contributed by atoms with Crippen molar-refractivity contribution in [2.45, 2.75) is 0 Å². The molecule has 0 aliphatic heterocycles. The summed E-state index contributed by atoms with van der Waals surface area (Å²) in [6, 6.07) is 11.9. The lowest BCUT2D eigenvalue weighted by atomic mass is 10.1. The summed E-state index contributed by atoms with van der Waals surface area (Å²) >= 11 is 0. The van der Waals surface area contributed by atoms with Gasteiger partial charge in [-0.3, -0.25) is 0 Å². The largest absolute Gasteiger partial charge is 0.399 e. The van der Waals surface area contributed by atoms with Gasteiger partial charge < -0.3 is 10.3 Å². The van der Waals surface area contributed by atoms with Crippen molar-refractivity contribution in [2.24, 2.45) is 0 Å². The average Bonchev–Trinajstić information content (AvgIpc) is 2.75. The van der Waals surface area contributed by atoms with Crippen molar-refractivity contribution in [3.8, 4) is 11.3 Å². The van der Waals surface area contributed by atoms with Crippen LogP contribution in [0.1, 0.15) is 0 Å². The minimum atomic E-state index is -0.382. The second kappa shape index (κ2) is 3.59. The molecule has 0 aliphatic rings. The predicted octanol–water partition coefficient (Wildman–Crippen LogP) is 3.22. The van der Waals surface area contributed by atoms with E-state index in [1.165, 1.54) is 6.07 Å². The van der Waals surface area contributed by atoms with Crippen LogP contribution < -0.4 is 5.73 Å². The number of halogens is 1. The molecule has 1 aromatic heterocycles. The van der Waals surface area contributed by atoms with Crippen LogP contribution in [0, 0.1) is 5.82 Å². The van der Waals surface area contributed by atoms with Gasteiger partial charge in [0.1, 0.15) is 5.52 Å². The number of fused-ring (bicyclic) bond motifs is 1. The molecular weight excluding hydrogens is 219 g/mol. The molecule has 0 spiro atoms. The summed E-state index contributed by atoms with van der Waals surface area (Å²) in [5, 5.41) is 4.40. The van der Waals surface area contributed by atoms with Gasteiger partial charge in [-0.15, -0.1) is 0 Å². The molecule has 0 radical (unpaired) electrons. The molecule has 1 heterocycles. The predicted molar refractivity (Wildman–Crippen MR) is 63.8 cm³/mol. The monoisotopic (exact) mass is 228 g/mol. The van der Waals surface area contributed by atoms with E-state index in [1.54, 1.807) is 24.3 Å². The van der Waals surface area contributed by atoms with Crippen LogP contribution in [0.15, 0.2) is 47.0 Å². The van der Waals surface area contributed by atoms with Gasteiger partial charge in [0.05, 0.1) is 5.39 Å². The van der Waals surface area contributed by atoms with Crippen LogP contribution in [0.4, 0.5) is 10.1 Å². The van der Waals surface area contributed by atoms with Crippen molar-refractivity contribution < 1.29 is 8.91 Å². The summed E-state index contributed by atoms with van der Waals surface area (Å²) in [5.74, 6) is 0.174. The van der Waals surface area contributed by atoms with E-state index >= 15 is 0 Å². The fourth-order valence-corrected chi connectivity index (χ4v) is 1.77. The summed E-state index contributed by atoms with van der Waals surface area (Å²) in [5.41, 5.74) is 7.36. The maximum Gasteiger partial charge on any atom is 0.174 e. The Labute approximate surface area is 96.6 Å². The van der Waals surface area contributed by atoms with E-state index in [9.17, 15) is 4.39 Å². The lowest BCUT2D eigenvalue weighted by molar-refractivity contribution is 0.437. The van der Waals surface area contributed by atoms with Crippen LogP contribution in [-0.4, -0.2) is 5.16 Å². The zero-order valence-corrected chi connectivity index (χ0v) is 8.85. The fraction of sp³-hybridized carbons (Fsp3) is 0. The van der Waals surface area contributed by atoms with Gasteiger partial charge in [-0.25, -0.2) is 4.39 Å². The Morgan fingerprint density at radius 1 is 1.06 bits per heavy atom. The number of nitrogens with zero attached hydrogens (tertiary/aromatic N) is 1. The number of benzene rings is 2. The zero-order valence-electron chi connectivity index (χ0n) is 8.85. The first-order chi connectivity index (χ1) is 8.25. The lowest BCUT2D eigenvalue weighted by Gasteiger charge is -1.97. The van der Waals surface area contributed by atoms with Crippen LogP contribution in [0.5, 0.6) is 0 Å². The number of nitrogens with two attached hydrogens (primary N) is 1. The molecule has 3 rings (SSSR count). The molecule has 0 fully saturated rings. The maximum atomic E-state index is 13.4. The number of rotatable bonds is 1. The Hall–Kier alpha value is -2.36. The van der Waals surface area contributed by atoms with Crippen LogP contribution in [-0.2, 0) is 0 Å². The molecule has 2 N–H and O–H groups in total. The normalized spacial score (nSPS) is 10.9. The van der Waals surface area contributed by atoms with E-state index in [1.807, 2.05) is 12.1 Å². The molecule has 3 nitrogen and oxygen atoms in total. The quantitative estimate of drug-likeness (QED) is 0.650. The number of hydrogen-bond donors (Lipinski definition) is 1. The first-order valence-corrected chi connectivity index (χ1v) is 5.15. The third kappa shape index (κ3) is 1.54. The Kier molecular flexibility index (Phi) is 2.08. The van der Waals surface area contributed by atoms with Gasteiger partial charge in [0, 0.05) is 11.3 Å². The van der Waals surface area contributed by atoms with Crippen LogP contribution in [0.25, 0.3) is 22.2 Å². The molecule has 0 saturated carbocycles. The highest BCUT2D eigenvalue weighted by Crippen LogP contribution is 2.29. The topological polar surface area (TPSA) is 52.0 Å². The summed E-state index contributed by atoms with van der Waals surface area (Å²) < 4.78 is 18.6. The highest BCUT2D eigenvalue weighted by molar-refractivity contribution is 5.91. The molecule has 4 heteroatoms. The van der Waals surface area contributed by atoms with Gasteiger partial charge in [-0.05, 0) is 36.4 Å². The Morgan fingerprint density at radius 2 is 1.82 bits per heavy atom. The van der Waals surface area contributed by atoms with Crippen LogP contribution in [0.3, 0.4) is 0 Å². The van der Waals surface area contributed by atoms with Crippen molar-refractivity contribution in [3.05, 3.63) is 48.3 Å². The minimum absolute atomic E-state index is 0.249. The molecule has 0 aliphatic carbocycles. The number of aromatic nitrogens is 1. The highest BCUT2D eigenvalue weighted by Gasteiger charge is 2.12. The summed E-state index contributed by atoms with van der Waals surface area (Å²) in [4.78, 5) is 0. The molecule has 0 atom stereocenters. The van der Waals surface area contributed by atoms with Crippen molar-refractivity contribution in [1.82, 2.24) is 5.16 Å². The van der Waals surface area contributed by atoms with E-state index in [0.29, 0.717) is 16.8 Å². The van der Waals surface area contributed by atoms with Gasteiger partial charge >= 0.3 is 0 Å². The van der Waals surface area contributed by atoms with Gasteiger partial charge in [-0.1, -0.05) is 11.2 Å². The second-order valence-corrected chi connectivity index (χ2v) is 3.77. The van der Waals surface area contributed by atoms with Crippen molar-refractivity contribution in [3.63, 3.8) is 0 Å². The van der Waals surface area contributed by atoms with Gasteiger partial charge in [0.2, 0.25) is 0 Å². The SMILES string of the molecule is Nc1ccc(-c2onc3c(F)cccc23)cc1. The van der Waals surface area contributed by atoms with E-state index in [2.05, 4.69) is 5.16 Å². The molecule has 0 amide bonds. The zero-order chi connectivity index (χ0) is 11.8. The molecule has 0 saturated heterocycles. The van der Waals surface area contributed by atoms with E-state index < -0.39 is 0 Å². The van der Waals surface area contributed by atoms with E-state index in [0.717, 1.165) is 5.56 Å². The third-order valence-corrected chi connectivity index (χ3v) is 2.63. The Bertz CT molecular complexity index is 673. The smallest absolute Gasteiger partial charge is 0.174 e. The molecular formula is C13H9FN2O. The van der Waals surface area contributed by atoms with E-state index in [4.69, 9.17) is 10.3 Å². The van der Waals surface area contributed by atoms with Crippen molar-refractivity contribution >= 4 is 16.6 Å². The Balaban J connectivity index is 2.24. The standard InChI is InChI=1S/C13H9FN2O/c14-11-3-1-2-10-12(11)16-17-13(10)8-4-6-9(15)7-5-8/h1-7H,15H2. The number of hydrogen-bond acceptors (Lipinski definition) is 3. The van der Waals surface area contributed by atoms with Crippen LogP contribution >= 0.6 is 0 Å².